The summed E-state index contributed by atoms with van der Waals surface area (Å²) >= 11 is 5.95. The van der Waals surface area contributed by atoms with Crippen LogP contribution in [0.2, 0.25) is 5.02 Å². The molecule has 8 heteroatoms. The van der Waals surface area contributed by atoms with E-state index in [-0.39, 0.29) is 10.8 Å². The van der Waals surface area contributed by atoms with E-state index >= 15 is 0 Å². The van der Waals surface area contributed by atoms with Crippen LogP contribution in [0.1, 0.15) is 22.8 Å². The topological polar surface area (TPSA) is 84.5 Å². The SMILES string of the molecule is CCOc1ccc(C(=O)Nc2ccc(S(=O)(=O)Nc3cc(Cl)ccc3C)cc2)cc1. The molecule has 3 rings (SSSR count). The molecule has 0 aromatic heterocycles. The number of sulfonamides is 1. The zero-order chi connectivity index (χ0) is 21.7. The highest BCUT2D eigenvalue weighted by Crippen LogP contribution is 2.24. The van der Waals surface area contributed by atoms with Gasteiger partial charge in [-0.15, -0.1) is 0 Å². The summed E-state index contributed by atoms with van der Waals surface area (Å²) in [6, 6.07) is 17.7. The van der Waals surface area contributed by atoms with Crippen molar-refractivity contribution in [2.24, 2.45) is 0 Å². The van der Waals surface area contributed by atoms with Gasteiger partial charge in [0, 0.05) is 16.3 Å². The van der Waals surface area contributed by atoms with Crippen LogP contribution in [-0.4, -0.2) is 20.9 Å². The summed E-state index contributed by atoms with van der Waals surface area (Å²) in [5.74, 6) is 0.382. The summed E-state index contributed by atoms with van der Waals surface area (Å²) in [6.07, 6.45) is 0. The summed E-state index contributed by atoms with van der Waals surface area (Å²) in [5, 5.41) is 3.18. The van der Waals surface area contributed by atoms with Gasteiger partial charge >= 0.3 is 0 Å². The van der Waals surface area contributed by atoms with Crippen LogP contribution in [0.5, 0.6) is 5.75 Å². The molecule has 156 valence electrons. The Balaban J connectivity index is 1.70. The zero-order valence-corrected chi connectivity index (χ0v) is 18.0. The number of aryl methyl sites for hydroxylation is 1. The number of hydrogen-bond acceptors (Lipinski definition) is 4. The zero-order valence-electron chi connectivity index (χ0n) is 16.5. The first kappa shape index (κ1) is 21.7. The minimum atomic E-state index is -3.80. The third kappa shape index (κ3) is 5.31. The van der Waals surface area contributed by atoms with Gasteiger partial charge in [0.15, 0.2) is 0 Å². The molecule has 0 atom stereocenters. The number of anilines is 2. The van der Waals surface area contributed by atoms with Crippen molar-refractivity contribution in [3.05, 3.63) is 82.9 Å². The average molecular weight is 445 g/mol. The maximum absolute atomic E-state index is 12.7. The highest BCUT2D eigenvalue weighted by atomic mass is 35.5. The van der Waals surface area contributed by atoms with Crippen molar-refractivity contribution in [2.45, 2.75) is 18.7 Å². The first-order chi connectivity index (χ1) is 14.3. The Labute approximate surface area is 180 Å². The van der Waals surface area contributed by atoms with Gasteiger partial charge in [-0.1, -0.05) is 17.7 Å². The molecule has 0 bridgehead atoms. The molecule has 1 amide bonds. The van der Waals surface area contributed by atoms with Gasteiger partial charge in [0.2, 0.25) is 0 Å². The summed E-state index contributed by atoms with van der Waals surface area (Å²) in [7, 11) is -3.80. The van der Waals surface area contributed by atoms with Gasteiger partial charge in [-0.3, -0.25) is 9.52 Å². The number of halogens is 1. The maximum Gasteiger partial charge on any atom is 0.261 e. The fraction of sp³-hybridized carbons (Fsp3) is 0.136. The van der Waals surface area contributed by atoms with Crippen molar-refractivity contribution in [2.75, 3.05) is 16.6 Å². The number of hydrogen-bond donors (Lipinski definition) is 2. The third-order valence-electron chi connectivity index (χ3n) is 4.29. The molecular formula is C22H21ClN2O4S. The number of amides is 1. The molecule has 0 aliphatic carbocycles. The molecule has 0 unspecified atom stereocenters. The predicted molar refractivity (Wildman–Crippen MR) is 119 cm³/mol. The lowest BCUT2D eigenvalue weighted by Gasteiger charge is -2.12. The highest BCUT2D eigenvalue weighted by molar-refractivity contribution is 7.92. The number of rotatable bonds is 7. The molecule has 3 aromatic carbocycles. The maximum atomic E-state index is 12.7. The molecule has 0 aliphatic heterocycles. The van der Waals surface area contributed by atoms with Crippen molar-refractivity contribution < 1.29 is 17.9 Å². The molecule has 0 radical (unpaired) electrons. The molecule has 30 heavy (non-hydrogen) atoms. The van der Waals surface area contributed by atoms with Crippen LogP contribution in [0, 0.1) is 6.92 Å². The molecule has 6 nitrogen and oxygen atoms in total. The van der Waals surface area contributed by atoms with Crippen LogP contribution in [0.4, 0.5) is 11.4 Å². The molecule has 0 aliphatic rings. The fourth-order valence-electron chi connectivity index (χ4n) is 2.70. The fourth-order valence-corrected chi connectivity index (χ4v) is 3.99. The van der Waals surface area contributed by atoms with Crippen LogP contribution in [0.15, 0.2) is 71.6 Å². The molecule has 0 saturated heterocycles. The van der Waals surface area contributed by atoms with E-state index in [1.165, 1.54) is 24.3 Å². The quantitative estimate of drug-likeness (QED) is 0.531. The minimum absolute atomic E-state index is 0.0703. The van der Waals surface area contributed by atoms with E-state index < -0.39 is 10.0 Å². The van der Waals surface area contributed by atoms with Crippen molar-refractivity contribution in [1.82, 2.24) is 0 Å². The second-order valence-electron chi connectivity index (χ2n) is 6.50. The smallest absolute Gasteiger partial charge is 0.261 e. The second kappa shape index (κ2) is 9.19. The monoisotopic (exact) mass is 444 g/mol. The molecule has 0 fully saturated rings. The largest absolute Gasteiger partial charge is 0.494 e. The summed E-state index contributed by atoms with van der Waals surface area (Å²) in [6.45, 7) is 4.22. The number of ether oxygens (including phenoxy) is 1. The van der Waals surface area contributed by atoms with Crippen LogP contribution < -0.4 is 14.8 Å². The third-order valence-corrected chi connectivity index (χ3v) is 5.91. The first-order valence-electron chi connectivity index (χ1n) is 9.22. The second-order valence-corrected chi connectivity index (χ2v) is 8.62. The van der Waals surface area contributed by atoms with Gasteiger partial charge in [0.1, 0.15) is 5.75 Å². The first-order valence-corrected chi connectivity index (χ1v) is 11.1. The predicted octanol–water partition coefficient (Wildman–Crippen LogP) is 5.10. The van der Waals surface area contributed by atoms with E-state index in [0.717, 1.165) is 5.56 Å². The van der Waals surface area contributed by atoms with Crippen molar-refractivity contribution >= 4 is 38.9 Å². The van der Waals surface area contributed by atoms with Gasteiger partial charge in [0.25, 0.3) is 15.9 Å². The van der Waals surface area contributed by atoms with E-state index in [4.69, 9.17) is 16.3 Å². The number of carbonyl (C=O) groups is 1. The highest BCUT2D eigenvalue weighted by Gasteiger charge is 2.16. The Morgan fingerprint density at radius 3 is 2.30 bits per heavy atom. The van der Waals surface area contributed by atoms with Gasteiger partial charge in [-0.2, -0.15) is 0 Å². The normalized spacial score (nSPS) is 11.0. The molecule has 2 N–H and O–H groups in total. The average Bonchev–Trinajstić information content (AvgIpc) is 2.72. The van der Waals surface area contributed by atoms with E-state index in [1.54, 1.807) is 49.4 Å². The van der Waals surface area contributed by atoms with Crippen molar-refractivity contribution in [3.8, 4) is 5.75 Å². The van der Waals surface area contributed by atoms with Gasteiger partial charge in [-0.05, 0) is 80.1 Å². The van der Waals surface area contributed by atoms with Gasteiger partial charge in [-0.25, -0.2) is 8.42 Å². The van der Waals surface area contributed by atoms with E-state index in [1.807, 2.05) is 6.92 Å². The van der Waals surface area contributed by atoms with Crippen LogP contribution in [-0.2, 0) is 10.0 Å². The van der Waals surface area contributed by atoms with Crippen LogP contribution in [0.3, 0.4) is 0 Å². The summed E-state index contributed by atoms with van der Waals surface area (Å²) in [5.41, 5.74) is 2.11. The Morgan fingerprint density at radius 2 is 1.67 bits per heavy atom. The van der Waals surface area contributed by atoms with Crippen LogP contribution >= 0.6 is 11.6 Å². The standard InChI is InChI=1S/C22H21ClN2O4S/c1-3-29-19-10-5-16(6-11-19)22(26)24-18-8-12-20(13-9-18)30(27,28)25-21-14-17(23)7-4-15(21)2/h4-14,25H,3H2,1-2H3,(H,24,26). The van der Waals surface area contributed by atoms with E-state index in [9.17, 15) is 13.2 Å². The van der Waals surface area contributed by atoms with Gasteiger partial charge < -0.3 is 10.1 Å². The summed E-state index contributed by atoms with van der Waals surface area (Å²) in [4.78, 5) is 12.5. The Bertz CT molecular complexity index is 1140. The van der Waals surface area contributed by atoms with Crippen molar-refractivity contribution in [1.29, 1.82) is 0 Å². The Morgan fingerprint density at radius 1 is 1.00 bits per heavy atom. The molecule has 3 aromatic rings. The molecule has 0 saturated carbocycles. The lowest BCUT2D eigenvalue weighted by Crippen LogP contribution is -2.14. The molecule has 0 heterocycles. The number of benzene rings is 3. The van der Waals surface area contributed by atoms with E-state index in [0.29, 0.717) is 34.3 Å². The van der Waals surface area contributed by atoms with Crippen molar-refractivity contribution in [3.63, 3.8) is 0 Å². The number of nitrogens with one attached hydrogen (secondary N) is 2. The summed E-state index contributed by atoms with van der Waals surface area (Å²) < 4.78 is 33.2. The lowest BCUT2D eigenvalue weighted by molar-refractivity contribution is 0.102. The van der Waals surface area contributed by atoms with Crippen LogP contribution in [0.25, 0.3) is 0 Å². The molecule has 0 spiro atoms. The minimum Gasteiger partial charge on any atom is -0.494 e. The Kier molecular flexibility index (Phi) is 6.64. The molecular weight excluding hydrogens is 424 g/mol. The number of carbonyl (C=O) groups excluding carboxylic acids is 1. The van der Waals surface area contributed by atoms with Gasteiger partial charge in [0.05, 0.1) is 17.2 Å². The lowest BCUT2D eigenvalue weighted by atomic mass is 10.2. The van der Waals surface area contributed by atoms with E-state index in [2.05, 4.69) is 10.0 Å². The Hall–Kier alpha value is -3.03.